The summed E-state index contributed by atoms with van der Waals surface area (Å²) in [5, 5.41) is 7.68. The lowest BCUT2D eigenvalue weighted by molar-refractivity contribution is 0.0696. The molecule has 2 aromatic rings. The molecule has 6 heteroatoms. The molecule has 4 rings (SSSR count). The third-order valence-electron chi connectivity index (χ3n) is 5.26. The van der Waals surface area contributed by atoms with E-state index in [2.05, 4.69) is 32.0 Å². The van der Waals surface area contributed by atoms with Gasteiger partial charge in [-0.1, -0.05) is 0 Å². The van der Waals surface area contributed by atoms with E-state index in [0.29, 0.717) is 11.5 Å². The largest absolute Gasteiger partial charge is 0.330 e. The van der Waals surface area contributed by atoms with Crippen molar-refractivity contribution in [2.24, 2.45) is 5.41 Å². The number of aryl methyl sites for hydroxylation is 1. The van der Waals surface area contributed by atoms with Crippen LogP contribution in [0.3, 0.4) is 0 Å². The van der Waals surface area contributed by atoms with Crippen LogP contribution in [0.2, 0.25) is 0 Å². The Morgan fingerprint density at radius 1 is 1.48 bits per heavy atom. The van der Waals surface area contributed by atoms with Gasteiger partial charge in [0.15, 0.2) is 0 Å². The number of aromatic nitrogens is 1. The Morgan fingerprint density at radius 2 is 2.30 bits per heavy atom. The molecule has 0 bridgehead atoms. The molecule has 3 heterocycles. The molecule has 1 unspecified atom stereocenters. The standard InChI is InChI=1S/C17H21N3OS2/c1-12-15(23-11-19-12)16(21)20(9-13-2-7-22-10-13)14-8-17(14)3-5-18-6-4-17/h2,7,10-11,14,18H,3-6,8-9H2,1H3. The molecule has 1 aliphatic heterocycles. The summed E-state index contributed by atoms with van der Waals surface area (Å²) in [5.74, 6) is 0.164. The maximum absolute atomic E-state index is 13.1. The first kappa shape index (κ1) is 15.3. The third-order valence-corrected chi connectivity index (χ3v) is 6.90. The number of piperidine rings is 1. The van der Waals surface area contributed by atoms with Crippen molar-refractivity contribution in [3.8, 4) is 0 Å². The van der Waals surface area contributed by atoms with Crippen molar-refractivity contribution in [1.29, 1.82) is 0 Å². The van der Waals surface area contributed by atoms with Gasteiger partial charge < -0.3 is 10.2 Å². The molecule has 2 fully saturated rings. The molecule has 2 aromatic heterocycles. The van der Waals surface area contributed by atoms with E-state index in [4.69, 9.17) is 0 Å². The van der Waals surface area contributed by atoms with Crippen LogP contribution >= 0.6 is 22.7 Å². The molecule has 23 heavy (non-hydrogen) atoms. The molecule has 1 N–H and O–H groups in total. The monoisotopic (exact) mass is 347 g/mol. The topological polar surface area (TPSA) is 45.2 Å². The van der Waals surface area contributed by atoms with Crippen LogP contribution in [-0.2, 0) is 6.54 Å². The van der Waals surface area contributed by atoms with Gasteiger partial charge in [-0.2, -0.15) is 11.3 Å². The Balaban J connectivity index is 1.59. The molecule has 0 radical (unpaired) electrons. The summed E-state index contributed by atoms with van der Waals surface area (Å²) in [6.45, 7) is 4.81. The van der Waals surface area contributed by atoms with Crippen LogP contribution in [0.15, 0.2) is 22.3 Å². The van der Waals surface area contributed by atoms with Crippen LogP contribution in [-0.4, -0.2) is 34.9 Å². The molecule has 2 aliphatic rings. The normalized spacial score (nSPS) is 22.2. The number of carbonyl (C=O) groups is 1. The van der Waals surface area contributed by atoms with Gasteiger partial charge in [0.2, 0.25) is 0 Å². The smallest absolute Gasteiger partial charge is 0.266 e. The maximum atomic E-state index is 13.1. The fraction of sp³-hybridized carbons (Fsp3) is 0.529. The van der Waals surface area contributed by atoms with E-state index in [0.717, 1.165) is 36.6 Å². The molecule has 1 aliphatic carbocycles. The lowest BCUT2D eigenvalue weighted by atomic mass is 9.93. The van der Waals surface area contributed by atoms with Gasteiger partial charge in [0, 0.05) is 12.6 Å². The predicted molar refractivity (Wildman–Crippen MR) is 94.0 cm³/mol. The van der Waals surface area contributed by atoms with E-state index in [-0.39, 0.29) is 5.91 Å². The number of rotatable bonds is 4. The summed E-state index contributed by atoms with van der Waals surface area (Å²) >= 11 is 3.16. The Labute approximate surface area is 144 Å². The zero-order chi connectivity index (χ0) is 15.9. The van der Waals surface area contributed by atoms with Crippen molar-refractivity contribution in [1.82, 2.24) is 15.2 Å². The molecule has 122 valence electrons. The average Bonchev–Trinajstić information content (AvgIpc) is 2.97. The highest BCUT2D eigenvalue weighted by atomic mass is 32.1. The minimum Gasteiger partial charge on any atom is -0.330 e. The first-order chi connectivity index (χ1) is 11.2. The SMILES string of the molecule is Cc1ncsc1C(=O)N(Cc1ccsc1)C1CC12CCNCC2. The van der Waals surface area contributed by atoms with Gasteiger partial charge in [-0.3, -0.25) is 4.79 Å². The maximum Gasteiger partial charge on any atom is 0.266 e. The van der Waals surface area contributed by atoms with Crippen LogP contribution < -0.4 is 5.32 Å². The van der Waals surface area contributed by atoms with Crippen LogP contribution in [0.4, 0.5) is 0 Å². The van der Waals surface area contributed by atoms with Crippen LogP contribution in [0.25, 0.3) is 0 Å². The molecule has 1 saturated carbocycles. The highest BCUT2D eigenvalue weighted by molar-refractivity contribution is 7.11. The molecule has 1 spiro atoms. The Hall–Kier alpha value is -1.24. The Kier molecular flexibility index (Phi) is 3.99. The number of amides is 1. The number of thiazole rings is 1. The lowest BCUT2D eigenvalue weighted by Gasteiger charge is -2.29. The Morgan fingerprint density at radius 3 is 2.96 bits per heavy atom. The Bertz CT molecular complexity index is 689. The van der Waals surface area contributed by atoms with Gasteiger partial charge in [0.05, 0.1) is 11.2 Å². The van der Waals surface area contributed by atoms with Crippen molar-refractivity contribution in [2.45, 2.75) is 38.8 Å². The van der Waals surface area contributed by atoms with E-state index in [1.807, 2.05) is 6.92 Å². The molecule has 1 atom stereocenters. The second-order valence-electron chi connectivity index (χ2n) is 6.66. The first-order valence-corrected chi connectivity index (χ1v) is 9.95. The summed E-state index contributed by atoms with van der Waals surface area (Å²) in [4.78, 5) is 20.3. The number of carbonyl (C=O) groups excluding carboxylic acids is 1. The van der Waals surface area contributed by atoms with E-state index >= 15 is 0 Å². The lowest BCUT2D eigenvalue weighted by Crippen LogP contribution is -2.39. The van der Waals surface area contributed by atoms with E-state index in [9.17, 15) is 4.79 Å². The number of nitrogens with zero attached hydrogens (tertiary/aromatic N) is 2. The second-order valence-corrected chi connectivity index (χ2v) is 8.30. The zero-order valence-electron chi connectivity index (χ0n) is 13.2. The summed E-state index contributed by atoms with van der Waals surface area (Å²) in [6.07, 6.45) is 3.53. The average molecular weight is 348 g/mol. The zero-order valence-corrected chi connectivity index (χ0v) is 14.9. The van der Waals surface area contributed by atoms with Crippen molar-refractivity contribution in [3.63, 3.8) is 0 Å². The van der Waals surface area contributed by atoms with Crippen LogP contribution in [0.1, 0.15) is 40.2 Å². The van der Waals surface area contributed by atoms with Gasteiger partial charge in [0.25, 0.3) is 5.91 Å². The van der Waals surface area contributed by atoms with Gasteiger partial charge >= 0.3 is 0 Å². The summed E-state index contributed by atoms with van der Waals surface area (Å²) in [5.41, 5.74) is 4.23. The van der Waals surface area contributed by atoms with Gasteiger partial charge in [-0.05, 0) is 67.1 Å². The number of hydrogen-bond acceptors (Lipinski definition) is 5. The highest BCUT2D eigenvalue weighted by Gasteiger charge is 2.57. The van der Waals surface area contributed by atoms with Crippen molar-refractivity contribution in [3.05, 3.63) is 38.5 Å². The second kappa shape index (κ2) is 6.00. The quantitative estimate of drug-likeness (QED) is 0.923. The molecular weight excluding hydrogens is 326 g/mol. The molecular formula is C17H21N3OS2. The van der Waals surface area contributed by atoms with Gasteiger partial charge in [-0.25, -0.2) is 4.98 Å². The van der Waals surface area contributed by atoms with Crippen molar-refractivity contribution < 1.29 is 4.79 Å². The van der Waals surface area contributed by atoms with Crippen LogP contribution in [0, 0.1) is 12.3 Å². The fourth-order valence-corrected chi connectivity index (χ4v) is 5.19. The van der Waals surface area contributed by atoms with E-state index in [1.54, 1.807) is 16.8 Å². The predicted octanol–water partition coefficient (Wildman–Crippen LogP) is 3.30. The minimum atomic E-state index is 0.164. The van der Waals surface area contributed by atoms with Gasteiger partial charge in [0.1, 0.15) is 4.88 Å². The first-order valence-electron chi connectivity index (χ1n) is 8.12. The van der Waals surface area contributed by atoms with E-state index < -0.39 is 0 Å². The van der Waals surface area contributed by atoms with Crippen LogP contribution in [0.5, 0.6) is 0 Å². The highest BCUT2D eigenvalue weighted by Crippen LogP contribution is 2.56. The van der Waals surface area contributed by atoms with E-state index in [1.165, 1.54) is 29.7 Å². The molecule has 1 saturated heterocycles. The molecule has 0 aromatic carbocycles. The van der Waals surface area contributed by atoms with Gasteiger partial charge in [-0.15, -0.1) is 11.3 Å². The number of hydrogen-bond donors (Lipinski definition) is 1. The molecule has 4 nitrogen and oxygen atoms in total. The number of nitrogens with one attached hydrogen (secondary N) is 1. The fourth-order valence-electron chi connectivity index (χ4n) is 3.77. The van der Waals surface area contributed by atoms with Crippen molar-refractivity contribution >= 4 is 28.6 Å². The number of thiophene rings is 1. The third kappa shape index (κ3) is 2.84. The summed E-state index contributed by atoms with van der Waals surface area (Å²) < 4.78 is 0. The summed E-state index contributed by atoms with van der Waals surface area (Å²) in [7, 11) is 0. The molecule has 1 amide bonds. The van der Waals surface area contributed by atoms with Crippen molar-refractivity contribution in [2.75, 3.05) is 13.1 Å². The minimum absolute atomic E-state index is 0.164. The summed E-state index contributed by atoms with van der Waals surface area (Å²) in [6, 6.07) is 2.51.